The van der Waals surface area contributed by atoms with E-state index in [0.717, 1.165) is 11.3 Å². The number of carbonyl (C=O) groups excluding carboxylic acids is 1. The van der Waals surface area contributed by atoms with Crippen molar-refractivity contribution in [2.45, 2.75) is 6.92 Å². The third kappa shape index (κ3) is 3.64. The second-order valence-electron chi connectivity index (χ2n) is 5.05. The summed E-state index contributed by atoms with van der Waals surface area (Å²) in [5.41, 5.74) is 2.30. The highest BCUT2D eigenvalue weighted by Crippen LogP contribution is 2.27. The minimum Gasteiger partial charge on any atom is -0.273 e. The van der Waals surface area contributed by atoms with Crippen LogP contribution < -0.4 is 4.90 Å². The molecule has 1 aliphatic heterocycles. The second-order valence-corrected chi connectivity index (χ2v) is 6.81. The standard InChI is InChI=1S/C17H13Cl2N3OS/c1-11(12-7-8-14(18)15(19)9-12)20-21-17-22(16(23)10-24-17)13-5-3-2-4-6-13/h2-9H,10H2,1H3/b20-11+,21-17+. The van der Waals surface area contributed by atoms with Crippen molar-refractivity contribution in [3.63, 3.8) is 0 Å². The fourth-order valence-corrected chi connectivity index (χ4v) is 3.28. The van der Waals surface area contributed by atoms with Crippen LogP contribution in [-0.4, -0.2) is 22.5 Å². The van der Waals surface area contributed by atoms with E-state index >= 15 is 0 Å². The molecule has 0 radical (unpaired) electrons. The summed E-state index contributed by atoms with van der Waals surface area (Å²) in [5, 5.41) is 10.0. The van der Waals surface area contributed by atoms with Gasteiger partial charge in [-0.15, -0.1) is 5.10 Å². The summed E-state index contributed by atoms with van der Waals surface area (Å²) in [6, 6.07) is 14.7. The maximum absolute atomic E-state index is 12.1. The van der Waals surface area contributed by atoms with Crippen LogP contribution in [0.25, 0.3) is 0 Å². The van der Waals surface area contributed by atoms with Crippen LogP contribution in [0.15, 0.2) is 58.7 Å². The van der Waals surface area contributed by atoms with Crippen molar-refractivity contribution in [1.29, 1.82) is 0 Å². The van der Waals surface area contributed by atoms with Gasteiger partial charge in [0.2, 0.25) is 5.91 Å². The fourth-order valence-electron chi connectivity index (χ4n) is 2.16. The average Bonchev–Trinajstić information content (AvgIpc) is 2.96. The summed E-state index contributed by atoms with van der Waals surface area (Å²) in [7, 11) is 0. The molecule has 0 spiro atoms. The number of amides is 1. The van der Waals surface area contributed by atoms with Gasteiger partial charge in [-0.3, -0.25) is 9.69 Å². The summed E-state index contributed by atoms with van der Waals surface area (Å²) < 4.78 is 0. The Balaban J connectivity index is 1.89. The van der Waals surface area contributed by atoms with Crippen LogP contribution in [0.3, 0.4) is 0 Å². The van der Waals surface area contributed by atoms with Gasteiger partial charge in [0.05, 0.1) is 27.2 Å². The van der Waals surface area contributed by atoms with Gasteiger partial charge in [0.15, 0.2) is 5.17 Å². The molecule has 1 fully saturated rings. The van der Waals surface area contributed by atoms with Crippen molar-refractivity contribution in [3.8, 4) is 0 Å². The van der Waals surface area contributed by atoms with Crippen LogP contribution in [0.2, 0.25) is 10.0 Å². The van der Waals surface area contributed by atoms with Crippen molar-refractivity contribution >= 4 is 57.4 Å². The van der Waals surface area contributed by atoms with Crippen LogP contribution >= 0.6 is 35.0 Å². The van der Waals surface area contributed by atoms with Gasteiger partial charge < -0.3 is 0 Å². The number of halogens is 2. The van der Waals surface area contributed by atoms with Crippen molar-refractivity contribution < 1.29 is 4.79 Å². The maximum Gasteiger partial charge on any atom is 0.243 e. The Bertz CT molecular complexity index is 837. The first-order valence-corrected chi connectivity index (χ1v) is 8.89. The van der Waals surface area contributed by atoms with Crippen molar-refractivity contribution in [1.82, 2.24) is 0 Å². The second kappa shape index (κ2) is 7.38. The Morgan fingerprint density at radius 3 is 2.58 bits per heavy atom. The largest absolute Gasteiger partial charge is 0.273 e. The molecule has 2 aromatic rings. The molecular weight excluding hydrogens is 365 g/mol. The summed E-state index contributed by atoms with van der Waals surface area (Å²) in [4.78, 5) is 13.7. The molecule has 1 aliphatic rings. The van der Waals surface area contributed by atoms with E-state index in [4.69, 9.17) is 23.2 Å². The van der Waals surface area contributed by atoms with E-state index in [-0.39, 0.29) is 5.91 Å². The molecule has 0 aromatic heterocycles. The zero-order valence-electron chi connectivity index (χ0n) is 12.7. The maximum atomic E-state index is 12.1. The molecule has 0 aliphatic carbocycles. The Morgan fingerprint density at radius 1 is 1.12 bits per heavy atom. The van der Waals surface area contributed by atoms with Gasteiger partial charge in [-0.05, 0) is 36.8 Å². The SMILES string of the molecule is C/C(=N\N=C1\SCC(=O)N1c1ccccc1)c1ccc(Cl)c(Cl)c1. The topological polar surface area (TPSA) is 45.0 Å². The number of thioether (sulfide) groups is 1. The number of hydrogen-bond donors (Lipinski definition) is 0. The van der Waals surface area contributed by atoms with Crippen LogP contribution in [0.4, 0.5) is 5.69 Å². The van der Waals surface area contributed by atoms with Crippen molar-refractivity contribution in [3.05, 3.63) is 64.1 Å². The molecule has 0 saturated carbocycles. The van der Waals surface area contributed by atoms with Crippen LogP contribution in [0.5, 0.6) is 0 Å². The highest BCUT2D eigenvalue weighted by Gasteiger charge is 2.29. The molecule has 1 heterocycles. The highest BCUT2D eigenvalue weighted by molar-refractivity contribution is 8.15. The third-order valence-corrected chi connectivity index (χ3v) is 5.06. The number of amidine groups is 1. The molecule has 0 N–H and O–H groups in total. The molecule has 1 saturated heterocycles. The summed E-state index contributed by atoms with van der Waals surface area (Å²) in [5.74, 6) is 0.349. The van der Waals surface area contributed by atoms with E-state index in [1.165, 1.54) is 11.8 Å². The highest BCUT2D eigenvalue weighted by atomic mass is 35.5. The molecule has 122 valence electrons. The normalized spacial score (nSPS) is 17.0. The zero-order chi connectivity index (χ0) is 17.1. The van der Waals surface area contributed by atoms with Gasteiger partial charge in [0, 0.05) is 0 Å². The number of anilines is 1. The van der Waals surface area contributed by atoms with Gasteiger partial charge >= 0.3 is 0 Å². The number of nitrogens with zero attached hydrogens (tertiary/aromatic N) is 3. The van der Waals surface area contributed by atoms with Crippen LogP contribution in [0, 0.1) is 0 Å². The lowest BCUT2D eigenvalue weighted by Crippen LogP contribution is -2.28. The van der Waals surface area contributed by atoms with Gasteiger partial charge in [0.1, 0.15) is 0 Å². The zero-order valence-corrected chi connectivity index (χ0v) is 15.1. The van der Waals surface area contributed by atoms with E-state index in [9.17, 15) is 4.79 Å². The van der Waals surface area contributed by atoms with Crippen molar-refractivity contribution in [2.24, 2.45) is 10.2 Å². The lowest BCUT2D eigenvalue weighted by Gasteiger charge is -2.14. The molecular formula is C17H13Cl2N3OS. The van der Waals surface area contributed by atoms with E-state index in [1.807, 2.05) is 43.3 Å². The van der Waals surface area contributed by atoms with E-state index in [0.29, 0.717) is 26.7 Å². The van der Waals surface area contributed by atoms with E-state index < -0.39 is 0 Å². The smallest absolute Gasteiger partial charge is 0.243 e. The Labute approximate surface area is 154 Å². The van der Waals surface area contributed by atoms with Gasteiger partial charge in [0.25, 0.3) is 0 Å². The minimum absolute atomic E-state index is 0.00709. The Morgan fingerprint density at radius 2 is 1.88 bits per heavy atom. The van der Waals surface area contributed by atoms with Gasteiger partial charge in [-0.1, -0.05) is 59.2 Å². The van der Waals surface area contributed by atoms with Crippen molar-refractivity contribution in [2.75, 3.05) is 10.7 Å². The minimum atomic E-state index is -0.00709. The molecule has 4 nitrogen and oxygen atoms in total. The first-order chi connectivity index (χ1) is 11.6. The molecule has 24 heavy (non-hydrogen) atoms. The summed E-state index contributed by atoms with van der Waals surface area (Å²) in [6.07, 6.45) is 0. The molecule has 0 bridgehead atoms. The number of para-hydroxylation sites is 1. The summed E-state index contributed by atoms with van der Waals surface area (Å²) >= 11 is 13.3. The average molecular weight is 378 g/mol. The lowest BCUT2D eigenvalue weighted by atomic mass is 10.1. The molecule has 1 amide bonds. The van der Waals surface area contributed by atoms with Gasteiger partial charge in [-0.25, -0.2) is 0 Å². The quantitative estimate of drug-likeness (QED) is 0.566. The predicted molar refractivity (Wildman–Crippen MR) is 102 cm³/mol. The third-order valence-electron chi connectivity index (χ3n) is 3.40. The predicted octanol–water partition coefficient (Wildman–Crippen LogP) is 4.85. The van der Waals surface area contributed by atoms with Gasteiger partial charge in [-0.2, -0.15) is 5.10 Å². The lowest BCUT2D eigenvalue weighted by molar-refractivity contribution is -0.115. The number of hydrogen-bond acceptors (Lipinski definition) is 4. The molecule has 7 heteroatoms. The van der Waals surface area contributed by atoms with Crippen LogP contribution in [0.1, 0.15) is 12.5 Å². The van der Waals surface area contributed by atoms with E-state index in [1.54, 1.807) is 17.0 Å². The molecule has 3 rings (SSSR count). The Hall–Kier alpha value is -1.82. The summed E-state index contributed by atoms with van der Waals surface area (Å²) in [6.45, 7) is 1.83. The first kappa shape index (κ1) is 17.0. The molecule has 0 atom stereocenters. The number of carbonyl (C=O) groups is 1. The van der Waals surface area contributed by atoms with Crippen LogP contribution in [-0.2, 0) is 4.79 Å². The number of benzene rings is 2. The monoisotopic (exact) mass is 377 g/mol. The number of rotatable bonds is 3. The first-order valence-electron chi connectivity index (χ1n) is 7.15. The molecule has 2 aromatic carbocycles. The molecule has 0 unspecified atom stereocenters. The van der Waals surface area contributed by atoms with E-state index in [2.05, 4.69) is 10.2 Å². The Kier molecular flexibility index (Phi) is 5.23. The fraction of sp³-hybridized carbons (Fsp3) is 0.118.